The monoisotopic (exact) mass is 898 g/mol. The normalized spacial score (nSPS) is 12.1. The van der Waals surface area contributed by atoms with Crippen LogP contribution in [0.5, 0.6) is 0 Å². The highest BCUT2D eigenvalue weighted by atomic mass is 32.1. The van der Waals surface area contributed by atoms with Crippen molar-refractivity contribution < 1.29 is 0 Å². The Labute approximate surface area is 400 Å². The van der Waals surface area contributed by atoms with Crippen molar-refractivity contribution in [3.8, 4) is 78.4 Å². The van der Waals surface area contributed by atoms with Gasteiger partial charge in [-0.1, -0.05) is 158 Å². The van der Waals surface area contributed by atoms with Crippen LogP contribution in [-0.4, -0.2) is 9.13 Å². The van der Waals surface area contributed by atoms with Crippen LogP contribution in [0.15, 0.2) is 231 Å². The van der Waals surface area contributed by atoms with Crippen LogP contribution in [0.3, 0.4) is 0 Å². The Morgan fingerprint density at radius 3 is 1.09 bits per heavy atom. The van der Waals surface area contributed by atoms with E-state index in [4.69, 9.17) is 0 Å². The quantitative estimate of drug-likeness (QED) is 0.167. The molecule has 0 bridgehead atoms. The van der Waals surface area contributed by atoms with E-state index in [0.29, 0.717) is 0 Å². The molecule has 316 valence electrons. The summed E-state index contributed by atoms with van der Waals surface area (Å²) in [6.07, 6.45) is 0. The van der Waals surface area contributed by atoms with Gasteiger partial charge in [-0.3, -0.25) is 0 Å². The lowest BCUT2D eigenvalue weighted by Crippen LogP contribution is -2.04. The summed E-state index contributed by atoms with van der Waals surface area (Å²) in [4.78, 5) is 0. The van der Waals surface area contributed by atoms with E-state index in [1.54, 1.807) is 0 Å². The van der Waals surface area contributed by atoms with Crippen LogP contribution in [0.4, 0.5) is 0 Å². The summed E-state index contributed by atoms with van der Waals surface area (Å²) in [5.74, 6) is 0. The summed E-state index contributed by atoms with van der Waals surface area (Å²) in [5.41, 5.74) is 19.2. The molecule has 68 heavy (non-hydrogen) atoms. The van der Waals surface area contributed by atoms with Crippen molar-refractivity contribution >= 4 is 84.8 Å². The predicted octanol–water partition coefficient (Wildman–Crippen LogP) is 18.6. The lowest BCUT2D eigenvalue weighted by molar-refractivity contribution is 1.12. The molecule has 1 aliphatic carbocycles. The summed E-state index contributed by atoms with van der Waals surface area (Å²) >= 11 is 3.74. The van der Waals surface area contributed by atoms with Gasteiger partial charge in [-0.2, -0.15) is 0 Å². The Morgan fingerprint density at radius 1 is 0.250 bits per heavy atom. The molecule has 0 aliphatic heterocycles. The number of benzene rings is 10. The molecule has 0 fully saturated rings. The third-order valence-electron chi connectivity index (χ3n) is 14.3. The Balaban J connectivity index is 1.11. The van der Waals surface area contributed by atoms with E-state index in [1.165, 1.54) is 129 Å². The van der Waals surface area contributed by atoms with Crippen LogP contribution in [0.25, 0.3) is 141 Å². The van der Waals surface area contributed by atoms with Gasteiger partial charge in [-0.25, -0.2) is 0 Å². The predicted molar refractivity (Wildman–Crippen MR) is 292 cm³/mol. The highest BCUT2D eigenvalue weighted by molar-refractivity contribution is 7.26. The Bertz CT molecular complexity index is 4090. The van der Waals surface area contributed by atoms with E-state index in [1.807, 2.05) is 22.7 Å². The summed E-state index contributed by atoms with van der Waals surface area (Å²) in [5, 5.41) is 7.62. The van der Waals surface area contributed by atoms with E-state index in [9.17, 15) is 0 Å². The van der Waals surface area contributed by atoms with Gasteiger partial charge in [0.1, 0.15) is 0 Å². The van der Waals surface area contributed by atoms with E-state index < -0.39 is 0 Å². The molecule has 4 heterocycles. The van der Waals surface area contributed by atoms with Crippen molar-refractivity contribution in [1.82, 2.24) is 9.13 Å². The average molecular weight is 899 g/mol. The molecular weight excluding hydrogens is 861 g/mol. The maximum atomic E-state index is 2.57. The maximum Gasteiger partial charge on any atom is 0.0626 e. The number of nitrogens with zero attached hydrogens (tertiary/aromatic N) is 2. The van der Waals surface area contributed by atoms with Crippen molar-refractivity contribution in [2.75, 3.05) is 0 Å². The van der Waals surface area contributed by atoms with Gasteiger partial charge in [-0.05, 0) is 106 Å². The smallest absolute Gasteiger partial charge is 0.0626 e. The van der Waals surface area contributed by atoms with Crippen molar-refractivity contribution in [3.05, 3.63) is 231 Å². The lowest BCUT2D eigenvalue weighted by atomic mass is 9.84. The standard InChI is InChI=1S/C64H38N2S2/c1-3-15-39(16-4-1)41-27-31-55-53(35-41)61-47-21-7-8-22-48(47)62-54-36-42(40-17-5-2-6-18-40)28-32-56(54)66(44-30-34-60-52(38-44)46-20-12-14-26-58(46)68-60)64(62)50-24-10-9-23-49(50)63(61)65(55)43-29-33-59-51(37-43)45-19-11-13-25-57(45)67-59/h1-38H. The Hall–Kier alpha value is -8.28. The number of hydrogen-bond acceptors (Lipinski definition) is 2. The van der Waals surface area contributed by atoms with Gasteiger partial charge in [0.05, 0.1) is 22.4 Å². The highest BCUT2D eigenvalue weighted by Crippen LogP contribution is 2.56. The minimum Gasteiger partial charge on any atom is -0.309 e. The molecule has 0 atom stereocenters. The lowest BCUT2D eigenvalue weighted by Gasteiger charge is -2.23. The van der Waals surface area contributed by atoms with Gasteiger partial charge >= 0.3 is 0 Å². The zero-order valence-electron chi connectivity index (χ0n) is 36.7. The maximum absolute atomic E-state index is 2.57. The Morgan fingerprint density at radius 2 is 0.632 bits per heavy atom. The third kappa shape index (κ3) is 5.50. The number of fused-ring (bicyclic) bond motifs is 18. The molecule has 4 heteroatoms. The minimum atomic E-state index is 1.15. The summed E-state index contributed by atoms with van der Waals surface area (Å²) in [6, 6.07) is 86.1. The van der Waals surface area contributed by atoms with Crippen LogP contribution < -0.4 is 0 Å². The molecule has 15 rings (SSSR count). The van der Waals surface area contributed by atoms with Gasteiger partial charge in [0.2, 0.25) is 0 Å². The van der Waals surface area contributed by atoms with Crippen LogP contribution in [0.2, 0.25) is 0 Å². The zero-order chi connectivity index (χ0) is 44.5. The van der Waals surface area contributed by atoms with Gasteiger partial charge in [0.25, 0.3) is 0 Å². The molecular formula is C64H38N2S2. The summed E-state index contributed by atoms with van der Waals surface area (Å²) in [7, 11) is 0. The van der Waals surface area contributed by atoms with E-state index >= 15 is 0 Å². The van der Waals surface area contributed by atoms with E-state index in [2.05, 4.69) is 240 Å². The van der Waals surface area contributed by atoms with Crippen LogP contribution in [0.1, 0.15) is 0 Å². The third-order valence-corrected chi connectivity index (χ3v) is 16.6. The fraction of sp³-hybridized carbons (Fsp3) is 0. The molecule has 1 aliphatic rings. The zero-order valence-corrected chi connectivity index (χ0v) is 38.3. The molecule has 0 saturated heterocycles. The molecule has 0 spiro atoms. The number of rotatable bonds is 4. The van der Waals surface area contributed by atoms with Gasteiger partial charge in [0, 0.05) is 84.7 Å². The van der Waals surface area contributed by atoms with E-state index in [-0.39, 0.29) is 0 Å². The first-order valence-corrected chi connectivity index (χ1v) is 24.9. The highest BCUT2D eigenvalue weighted by Gasteiger charge is 2.33. The Kier molecular flexibility index (Phi) is 8.14. The van der Waals surface area contributed by atoms with Gasteiger partial charge in [0.15, 0.2) is 0 Å². The molecule has 14 aromatic rings. The largest absolute Gasteiger partial charge is 0.309 e. The molecule has 0 unspecified atom stereocenters. The fourth-order valence-corrected chi connectivity index (χ4v) is 13.5. The molecule has 10 aromatic carbocycles. The van der Waals surface area contributed by atoms with Crippen LogP contribution in [0, 0.1) is 0 Å². The summed E-state index contributed by atoms with van der Waals surface area (Å²) < 4.78 is 10.3. The molecule has 0 radical (unpaired) electrons. The van der Waals surface area contributed by atoms with Gasteiger partial charge < -0.3 is 9.13 Å². The van der Waals surface area contributed by atoms with Crippen molar-refractivity contribution in [3.63, 3.8) is 0 Å². The average Bonchev–Trinajstić information content (AvgIpc) is 4.15. The fourth-order valence-electron chi connectivity index (χ4n) is 11.3. The first-order valence-electron chi connectivity index (χ1n) is 23.2. The first-order chi connectivity index (χ1) is 33.7. The number of thiophene rings is 2. The second kappa shape index (κ2) is 14.6. The topological polar surface area (TPSA) is 9.86 Å². The molecule has 0 saturated carbocycles. The second-order valence-electron chi connectivity index (χ2n) is 18.0. The molecule has 0 N–H and O–H groups in total. The summed E-state index contributed by atoms with van der Waals surface area (Å²) in [6.45, 7) is 0. The SMILES string of the molecule is c1ccc(-c2ccc3c(c2)c2c(n3-c3ccc4sc5ccccc5c4c3)-c3ccccc3-c3c(c4cc(-c5ccccc5)ccc4n3-c3ccc4sc5ccccc5c4c3)-c3ccccc3-2)cc1. The van der Waals surface area contributed by atoms with Crippen molar-refractivity contribution in [1.29, 1.82) is 0 Å². The van der Waals surface area contributed by atoms with Crippen LogP contribution in [-0.2, 0) is 0 Å². The van der Waals surface area contributed by atoms with Crippen molar-refractivity contribution in [2.45, 2.75) is 0 Å². The van der Waals surface area contributed by atoms with Crippen LogP contribution >= 0.6 is 22.7 Å². The first kappa shape index (κ1) is 37.9. The second-order valence-corrected chi connectivity index (χ2v) is 20.1. The molecule has 4 aromatic heterocycles. The molecule has 2 nitrogen and oxygen atoms in total. The number of aromatic nitrogens is 2. The van der Waals surface area contributed by atoms with Gasteiger partial charge in [-0.15, -0.1) is 22.7 Å². The minimum absolute atomic E-state index is 1.15. The van der Waals surface area contributed by atoms with E-state index in [0.717, 1.165) is 11.4 Å². The van der Waals surface area contributed by atoms with Crippen molar-refractivity contribution in [2.24, 2.45) is 0 Å². The number of hydrogen-bond donors (Lipinski definition) is 0. The molecule has 0 amide bonds.